The van der Waals surface area contributed by atoms with Gasteiger partial charge < -0.3 is 13.9 Å². The summed E-state index contributed by atoms with van der Waals surface area (Å²) in [7, 11) is 0. The molecule has 0 amide bonds. The minimum absolute atomic E-state index is 0. The molecule has 6 rings (SSSR count). The number of fused-ring (bicyclic) bond motifs is 3. The second-order valence-electron chi connectivity index (χ2n) is 17.0. The molecule has 0 aliphatic heterocycles. The molecule has 0 aliphatic rings. The number of benzene rings is 3. The largest absolute Gasteiger partial charge is 0.512 e. The molecule has 3 aromatic carbocycles. The number of aliphatic hydroxyl groups is 1. The van der Waals surface area contributed by atoms with Crippen LogP contribution in [0.1, 0.15) is 119 Å². The van der Waals surface area contributed by atoms with E-state index in [0.29, 0.717) is 5.92 Å². The van der Waals surface area contributed by atoms with Gasteiger partial charge in [-0.1, -0.05) is 117 Å². The minimum Gasteiger partial charge on any atom is -0.512 e. The summed E-state index contributed by atoms with van der Waals surface area (Å²) in [5, 5.41) is 14.6. The number of pyridine rings is 1. The zero-order chi connectivity index (χ0) is 39.6. The molecule has 0 saturated heterocycles. The van der Waals surface area contributed by atoms with E-state index >= 15 is 0 Å². The maximum Gasteiger partial charge on any atom is 0.164 e. The smallest absolute Gasteiger partial charge is 0.164 e. The molecule has 0 fully saturated rings. The van der Waals surface area contributed by atoms with E-state index in [4.69, 9.17) is 13.8 Å². The summed E-state index contributed by atoms with van der Waals surface area (Å²) in [6.07, 6.45) is 7.51. The van der Waals surface area contributed by atoms with E-state index in [1.54, 1.807) is 0 Å². The summed E-state index contributed by atoms with van der Waals surface area (Å²) in [4.78, 5) is 17.0. The predicted octanol–water partition coefficient (Wildman–Crippen LogP) is 14.3. The molecule has 55 heavy (non-hydrogen) atoms. The van der Waals surface area contributed by atoms with Crippen molar-refractivity contribution in [3.8, 4) is 22.6 Å². The van der Waals surface area contributed by atoms with E-state index < -0.39 is 0 Å². The van der Waals surface area contributed by atoms with Gasteiger partial charge in [-0.05, 0) is 67.7 Å². The molecule has 6 heteroatoms. The first-order chi connectivity index (χ1) is 25.5. The Labute approximate surface area is 342 Å². The molecule has 0 unspecified atom stereocenters. The molecular formula is C49H60IrNO4-. The number of aliphatic hydroxyl groups excluding tert-OH is 1. The molecule has 0 aliphatic carbocycles. The standard InChI is InChI=1S/C34H32NO2.C15H28O2.Ir/c1-20(2)15-30-21(3)25-12-11-23(18-32(25)37-30)31-19-27-29(36-31)13-14-35-33(27)24-16-22-9-7-8-10-26(22)28(17-24)34(4,5)6;1-7-14(5,8-2)12(16)11-13(17)15(6,9-3)10-4;/h7-14,17-20H,15H2,1-6H3;11,16H,7-10H2,1-6H3;/q-1;;/b;12-11-;. The summed E-state index contributed by atoms with van der Waals surface area (Å²) >= 11 is 0. The first-order valence-corrected chi connectivity index (χ1v) is 19.8. The van der Waals surface area contributed by atoms with Crippen molar-refractivity contribution in [1.29, 1.82) is 0 Å². The molecule has 3 heterocycles. The summed E-state index contributed by atoms with van der Waals surface area (Å²) in [5.74, 6) is 2.71. The predicted molar refractivity (Wildman–Crippen MR) is 226 cm³/mol. The fourth-order valence-electron chi connectivity index (χ4n) is 6.98. The molecular weight excluding hydrogens is 859 g/mol. The van der Waals surface area contributed by atoms with Crippen molar-refractivity contribution in [3.63, 3.8) is 0 Å². The van der Waals surface area contributed by atoms with Crippen LogP contribution in [0.3, 0.4) is 0 Å². The Morgan fingerprint density at radius 1 is 0.818 bits per heavy atom. The van der Waals surface area contributed by atoms with Crippen molar-refractivity contribution in [3.05, 3.63) is 102 Å². The summed E-state index contributed by atoms with van der Waals surface area (Å²) in [6, 6.07) is 24.7. The van der Waals surface area contributed by atoms with Crippen molar-refractivity contribution < 1.29 is 38.8 Å². The van der Waals surface area contributed by atoms with E-state index in [-0.39, 0.29) is 47.9 Å². The van der Waals surface area contributed by atoms with Gasteiger partial charge in [-0.25, -0.2) is 0 Å². The van der Waals surface area contributed by atoms with Gasteiger partial charge in [-0.3, -0.25) is 9.78 Å². The van der Waals surface area contributed by atoms with Crippen LogP contribution in [-0.2, 0) is 36.7 Å². The maximum atomic E-state index is 12.2. The van der Waals surface area contributed by atoms with Crippen LogP contribution in [0.15, 0.2) is 87.5 Å². The SMILES string of the molecule is CCC(C)(CC)C(=O)/C=C(\O)C(C)(CC)CC.Cc1c(CC(C)C)oc2cc(-c3cc4c(-c5[c-]c6ccccc6c(C(C)(C)C)c5)nccc4o3)ccc12.[Ir]. The van der Waals surface area contributed by atoms with Gasteiger partial charge in [0, 0.05) is 71.7 Å². The number of aryl methyl sites for hydroxylation is 1. The van der Waals surface area contributed by atoms with Gasteiger partial charge in [-0.15, -0.1) is 29.1 Å². The number of carbonyl (C=O) groups excluding carboxylic acids is 1. The van der Waals surface area contributed by atoms with E-state index in [1.165, 1.54) is 28.0 Å². The van der Waals surface area contributed by atoms with Crippen LogP contribution in [-0.4, -0.2) is 15.9 Å². The van der Waals surface area contributed by atoms with Gasteiger partial charge in [0.1, 0.15) is 28.4 Å². The van der Waals surface area contributed by atoms with Crippen LogP contribution in [0.5, 0.6) is 0 Å². The molecule has 5 nitrogen and oxygen atoms in total. The van der Waals surface area contributed by atoms with Gasteiger partial charge in [-0.2, -0.15) is 0 Å². The average molecular weight is 919 g/mol. The van der Waals surface area contributed by atoms with Crippen molar-refractivity contribution in [2.45, 2.75) is 121 Å². The summed E-state index contributed by atoms with van der Waals surface area (Å²) in [6.45, 7) is 25.4. The molecule has 1 radical (unpaired) electrons. The van der Waals surface area contributed by atoms with E-state index in [2.05, 4.69) is 102 Å². The fraction of sp³-hybridized carbons (Fsp3) is 0.429. The van der Waals surface area contributed by atoms with Crippen LogP contribution < -0.4 is 0 Å². The molecule has 0 bridgehead atoms. The number of nitrogens with zero attached hydrogens (tertiary/aromatic N) is 1. The normalized spacial score (nSPS) is 12.6. The van der Waals surface area contributed by atoms with Crippen molar-refractivity contribution in [1.82, 2.24) is 4.98 Å². The maximum absolute atomic E-state index is 12.2. The molecule has 295 valence electrons. The zero-order valence-electron chi connectivity index (χ0n) is 35.0. The van der Waals surface area contributed by atoms with Crippen LogP contribution in [0.25, 0.3) is 55.3 Å². The minimum atomic E-state index is -0.337. The van der Waals surface area contributed by atoms with E-state index in [0.717, 1.165) is 82.4 Å². The van der Waals surface area contributed by atoms with Gasteiger partial charge >= 0.3 is 0 Å². The average Bonchev–Trinajstić information content (AvgIpc) is 3.73. The molecule has 0 atom stereocenters. The van der Waals surface area contributed by atoms with Crippen molar-refractivity contribution in [2.75, 3.05) is 0 Å². The first kappa shape index (κ1) is 43.7. The number of rotatable bonds is 11. The first-order valence-electron chi connectivity index (χ1n) is 19.8. The summed E-state index contributed by atoms with van der Waals surface area (Å²) in [5.41, 5.74) is 6.49. The second-order valence-corrected chi connectivity index (χ2v) is 17.0. The Bertz CT molecular complexity index is 2290. The van der Waals surface area contributed by atoms with Crippen molar-refractivity contribution >= 4 is 38.5 Å². The van der Waals surface area contributed by atoms with E-state index in [9.17, 15) is 9.90 Å². The topological polar surface area (TPSA) is 76.5 Å². The van der Waals surface area contributed by atoms with Crippen LogP contribution in [0.2, 0.25) is 0 Å². The van der Waals surface area contributed by atoms with Gasteiger partial charge in [0.25, 0.3) is 0 Å². The van der Waals surface area contributed by atoms with Gasteiger partial charge in [0.2, 0.25) is 0 Å². The van der Waals surface area contributed by atoms with Crippen LogP contribution in [0, 0.1) is 29.7 Å². The fourth-order valence-corrected chi connectivity index (χ4v) is 6.98. The second kappa shape index (κ2) is 17.4. The van der Waals surface area contributed by atoms with Gasteiger partial charge in [0.15, 0.2) is 5.78 Å². The van der Waals surface area contributed by atoms with E-state index in [1.807, 2.05) is 53.8 Å². The third kappa shape index (κ3) is 9.19. The van der Waals surface area contributed by atoms with Crippen LogP contribution >= 0.6 is 0 Å². The Hall–Kier alpha value is -3.99. The monoisotopic (exact) mass is 919 g/mol. The molecule has 0 saturated carbocycles. The zero-order valence-corrected chi connectivity index (χ0v) is 37.4. The Balaban J connectivity index is 0.000000320. The van der Waals surface area contributed by atoms with Crippen molar-refractivity contribution in [2.24, 2.45) is 16.7 Å². The Kier molecular flexibility index (Phi) is 13.9. The third-order valence-corrected chi connectivity index (χ3v) is 11.8. The summed E-state index contributed by atoms with van der Waals surface area (Å²) < 4.78 is 12.6. The Morgan fingerprint density at radius 3 is 2.09 bits per heavy atom. The number of hydrogen-bond acceptors (Lipinski definition) is 5. The van der Waals surface area contributed by atoms with Crippen LogP contribution in [0.4, 0.5) is 0 Å². The molecule has 1 N–H and O–H groups in total. The quantitative estimate of drug-likeness (QED) is 0.0796. The third-order valence-electron chi connectivity index (χ3n) is 11.8. The number of aromatic nitrogens is 1. The number of carbonyl (C=O) groups is 1. The molecule has 6 aromatic rings. The number of furan rings is 2. The number of hydrogen-bond donors (Lipinski definition) is 1. The van der Waals surface area contributed by atoms with Gasteiger partial charge in [0.05, 0.1) is 0 Å². The molecule has 0 spiro atoms. The number of allylic oxidation sites excluding steroid dienone is 2. The molecule has 3 aromatic heterocycles. The Morgan fingerprint density at radius 2 is 1.47 bits per heavy atom. The number of ketones is 1.